The Hall–Kier alpha value is -3.03. The quantitative estimate of drug-likeness (QED) is 0.503. The van der Waals surface area contributed by atoms with Crippen LogP contribution in [0, 0.1) is 0 Å². The first-order chi connectivity index (χ1) is 14.1. The number of hydrogen-bond donors (Lipinski definition) is 2. The highest BCUT2D eigenvalue weighted by Crippen LogP contribution is 2.32. The fourth-order valence-corrected chi connectivity index (χ4v) is 3.35. The summed E-state index contributed by atoms with van der Waals surface area (Å²) in [6.45, 7) is 5.60. The highest BCUT2D eigenvalue weighted by Gasteiger charge is 2.16. The molecule has 0 aliphatic carbocycles. The first kappa shape index (κ1) is 20.7. The third-order valence-corrected chi connectivity index (χ3v) is 4.78. The molecule has 1 aromatic carbocycles. The van der Waals surface area contributed by atoms with Gasteiger partial charge in [0.25, 0.3) is 0 Å². The minimum absolute atomic E-state index is 0.232. The third kappa shape index (κ3) is 4.70. The number of aromatic nitrogens is 4. The molecule has 2 heterocycles. The topological polar surface area (TPSA) is 100 Å². The van der Waals surface area contributed by atoms with Gasteiger partial charge in [0.2, 0.25) is 5.95 Å². The van der Waals surface area contributed by atoms with Crippen LogP contribution in [-0.4, -0.2) is 40.5 Å². The van der Waals surface area contributed by atoms with E-state index in [0.717, 1.165) is 49.3 Å². The monoisotopic (exact) mass is 398 g/mol. The molecular weight excluding hydrogens is 368 g/mol. The first-order valence-corrected chi connectivity index (χ1v) is 10.1. The average Bonchev–Trinajstić information content (AvgIpc) is 3.11. The highest BCUT2D eigenvalue weighted by molar-refractivity contribution is 5.85. The van der Waals surface area contributed by atoms with E-state index in [9.17, 15) is 0 Å². The second-order valence-electron chi connectivity index (χ2n) is 7.00. The van der Waals surface area contributed by atoms with Gasteiger partial charge in [-0.3, -0.25) is 4.68 Å². The predicted octanol–water partition coefficient (Wildman–Crippen LogP) is 3.64. The molecule has 8 heteroatoms. The second kappa shape index (κ2) is 9.45. The number of fused-ring (bicyclic) bond motifs is 1. The fraction of sp³-hybridized carbons (Fsp3) is 0.476. The summed E-state index contributed by atoms with van der Waals surface area (Å²) in [6, 6.07) is 4.14. The molecule has 0 aliphatic rings. The van der Waals surface area contributed by atoms with E-state index in [4.69, 9.17) is 20.3 Å². The summed E-state index contributed by atoms with van der Waals surface area (Å²) in [5.41, 5.74) is 9.42. The number of unbranched alkanes of at least 4 members (excludes halogenated alkanes) is 1. The largest absolute Gasteiger partial charge is 0.496 e. The Bertz CT molecular complexity index is 944. The Morgan fingerprint density at radius 3 is 2.41 bits per heavy atom. The Labute approximate surface area is 171 Å². The Balaban J connectivity index is 1.97. The smallest absolute Gasteiger partial charge is 0.222 e. The predicted molar refractivity (Wildman–Crippen MR) is 116 cm³/mol. The number of nitrogen functional groups attached to an aromatic ring is 1. The van der Waals surface area contributed by atoms with Crippen molar-refractivity contribution in [3.8, 4) is 11.5 Å². The lowest BCUT2D eigenvalue weighted by molar-refractivity contribution is 0.381. The van der Waals surface area contributed by atoms with Crippen LogP contribution < -0.4 is 20.5 Å². The lowest BCUT2D eigenvalue weighted by atomic mass is 10.0. The van der Waals surface area contributed by atoms with Crippen LogP contribution in [-0.2, 0) is 13.0 Å². The van der Waals surface area contributed by atoms with Crippen molar-refractivity contribution in [1.29, 1.82) is 0 Å². The second-order valence-corrected chi connectivity index (χ2v) is 7.00. The molecule has 0 atom stereocenters. The summed E-state index contributed by atoms with van der Waals surface area (Å²) in [7, 11) is 3.35. The average molecular weight is 399 g/mol. The molecule has 0 aliphatic heterocycles. The van der Waals surface area contributed by atoms with Crippen LogP contribution in [0.15, 0.2) is 18.3 Å². The van der Waals surface area contributed by atoms with Crippen molar-refractivity contribution >= 4 is 22.8 Å². The molecule has 0 saturated heterocycles. The van der Waals surface area contributed by atoms with Gasteiger partial charge in [-0.05, 0) is 30.5 Å². The van der Waals surface area contributed by atoms with Gasteiger partial charge in [0.1, 0.15) is 17.0 Å². The number of hydrogen-bond acceptors (Lipinski definition) is 7. The summed E-state index contributed by atoms with van der Waals surface area (Å²) in [5, 5.41) is 8.02. The van der Waals surface area contributed by atoms with E-state index in [1.54, 1.807) is 14.2 Å². The maximum atomic E-state index is 5.89. The van der Waals surface area contributed by atoms with Crippen molar-refractivity contribution in [1.82, 2.24) is 19.7 Å². The fourth-order valence-electron chi connectivity index (χ4n) is 3.35. The minimum atomic E-state index is 0.232. The van der Waals surface area contributed by atoms with Crippen molar-refractivity contribution in [2.45, 2.75) is 46.1 Å². The number of benzene rings is 1. The Morgan fingerprint density at radius 1 is 1.07 bits per heavy atom. The van der Waals surface area contributed by atoms with Gasteiger partial charge in [-0.2, -0.15) is 10.1 Å². The molecule has 0 fully saturated rings. The molecule has 2 aromatic heterocycles. The van der Waals surface area contributed by atoms with Crippen LogP contribution in [0.2, 0.25) is 0 Å². The molecule has 3 aromatic rings. The number of methoxy groups -OCH3 is 2. The number of nitrogens with one attached hydrogen (secondary N) is 1. The van der Waals surface area contributed by atoms with E-state index < -0.39 is 0 Å². The zero-order chi connectivity index (χ0) is 20.8. The van der Waals surface area contributed by atoms with Gasteiger partial charge < -0.3 is 20.5 Å². The van der Waals surface area contributed by atoms with Crippen LogP contribution in [0.5, 0.6) is 11.5 Å². The molecule has 0 spiro atoms. The number of nitrogens with two attached hydrogens (primary N) is 1. The lowest BCUT2D eigenvalue weighted by Gasteiger charge is -2.15. The standard InChI is InChI=1S/C21H30N6O2/c1-5-7-9-23-20-19-16(24-21(22)25-20)13-27(26-19)12-15-17(28-3)10-14(8-6-2)11-18(15)29-4/h10-11,13H,5-9,12H2,1-4H3,(H3,22,23,24,25). The molecule has 29 heavy (non-hydrogen) atoms. The highest BCUT2D eigenvalue weighted by atomic mass is 16.5. The van der Waals surface area contributed by atoms with E-state index >= 15 is 0 Å². The lowest BCUT2D eigenvalue weighted by Crippen LogP contribution is -2.07. The van der Waals surface area contributed by atoms with E-state index in [-0.39, 0.29) is 5.95 Å². The molecule has 0 saturated carbocycles. The Kier molecular flexibility index (Phi) is 6.74. The summed E-state index contributed by atoms with van der Waals surface area (Å²) in [5.74, 6) is 2.48. The molecule has 0 bridgehead atoms. The minimum Gasteiger partial charge on any atom is -0.496 e. The van der Waals surface area contributed by atoms with E-state index in [2.05, 4.69) is 41.3 Å². The van der Waals surface area contributed by atoms with Gasteiger partial charge in [-0.15, -0.1) is 0 Å². The van der Waals surface area contributed by atoms with Gasteiger partial charge in [0.15, 0.2) is 11.3 Å². The van der Waals surface area contributed by atoms with Gasteiger partial charge in [-0.25, -0.2) is 4.98 Å². The number of rotatable bonds is 10. The first-order valence-electron chi connectivity index (χ1n) is 10.1. The molecule has 0 unspecified atom stereocenters. The van der Waals surface area contributed by atoms with Gasteiger partial charge in [0, 0.05) is 6.54 Å². The Morgan fingerprint density at radius 2 is 1.79 bits per heavy atom. The van der Waals surface area contributed by atoms with E-state index in [1.165, 1.54) is 5.56 Å². The maximum Gasteiger partial charge on any atom is 0.222 e. The number of anilines is 2. The van der Waals surface area contributed by atoms with Crippen molar-refractivity contribution < 1.29 is 9.47 Å². The number of nitrogens with zero attached hydrogens (tertiary/aromatic N) is 4. The number of aryl methyl sites for hydroxylation is 1. The van der Waals surface area contributed by atoms with Crippen molar-refractivity contribution in [3.63, 3.8) is 0 Å². The maximum absolute atomic E-state index is 5.89. The van der Waals surface area contributed by atoms with Gasteiger partial charge >= 0.3 is 0 Å². The summed E-state index contributed by atoms with van der Waals surface area (Å²) < 4.78 is 13.1. The van der Waals surface area contributed by atoms with Crippen molar-refractivity contribution in [2.24, 2.45) is 0 Å². The normalized spacial score (nSPS) is 11.0. The van der Waals surface area contributed by atoms with E-state index in [1.807, 2.05) is 10.9 Å². The molecule has 156 valence electrons. The zero-order valence-electron chi connectivity index (χ0n) is 17.7. The summed E-state index contributed by atoms with van der Waals surface area (Å²) in [4.78, 5) is 8.65. The van der Waals surface area contributed by atoms with E-state index in [0.29, 0.717) is 23.4 Å². The number of ether oxygens (including phenoxy) is 2. The van der Waals surface area contributed by atoms with Gasteiger partial charge in [0.05, 0.1) is 32.5 Å². The third-order valence-electron chi connectivity index (χ3n) is 4.78. The molecule has 0 amide bonds. The van der Waals surface area contributed by atoms with Crippen LogP contribution in [0.25, 0.3) is 11.0 Å². The van der Waals surface area contributed by atoms with Crippen LogP contribution in [0.3, 0.4) is 0 Å². The van der Waals surface area contributed by atoms with Crippen molar-refractivity contribution in [3.05, 3.63) is 29.5 Å². The molecule has 0 radical (unpaired) electrons. The zero-order valence-corrected chi connectivity index (χ0v) is 17.7. The van der Waals surface area contributed by atoms with Crippen LogP contribution >= 0.6 is 0 Å². The molecule has 8 nitrogen and oxygen atoms in total. The molecule has 3 rings (SSSR count). The summed E-state index contributed by atoms with van der Waals surface area (Å²) >= 11 is 0. The summed E-state index contributed by atoms with van der Waals surface area (Å²) in [6.07, 6.45) is 6.05. The SMILES string of the molecule is CCCCNc1nc(N)nc2cn(Cc3c(OC)cc(CCC)cc3OC)nc12. The van der Waals surface area contributed by atoms with Crippen LogP contribution in [0.1, 0.15) is 44.2 Å². The van der Waals surface area contributed by atoms with Gasteiger partial charge in [-0.1, -0.05) is 26.7 Å². The molecular formula is C21H30N6O2. The van der Waals surface area contributed by atoms with Crippen molar-refractivity contribution in [2.75, 3.05) is 31.8 Å². The molecule has 3 N–H and O–H groups in total. The van der Waals surface area contributed by atoms with Crippen LogP contribution in [0.4, 0.5) is 11.8 Å².